The largest absolute Gasteiger partial charge is 0.208 e. The standard InChI is InChI=1S/C41H35N3/c1-40(2)22-24-41(25-23-40)35-19-10-9-18-33(35)34-21-20-31(27-36(34)41)30-16-11-17-32(26-30)39-43-37(28-12-5-3-6-13-28)42-38(44-39)29-14-7-4-8-15-29/h3-21,26-27H,22-25H2,1-2H3/i3D,5D,6D,11D,12D,13D,16D,17D,24D2,25D2,26D. The van der Waals surface area contributed by atoms with Crippen molar-refractivity contribution in [1.82, 2.24) is 15.0 Å². The quantitative estimate of drug-likeness (QED) is 0.208. The van der Waals surface area contributed by atoms with Crippen molar-refractivity contribution in [3.8, 4) is 56.4 Å². The lowest BCUT2D eigenvalue weighted by atomic mass is 9.61. The van der Waals surface area contributed by atoms with Crippen LogP contribution < -0.4 is 0 Å². The molecule has 1 aromatic heterocycles. The van der Waals surface area contributed by atoms with Gasteiger partial charge in [-0.15, -0.1) is 0 Å². The molecule has 44 heavy (non-hydrogen) atoms. The molecular formula is C41H35N3. The molecule has 0 amide bonds. The second-order valence-electron chi connectivity index (χ2n) is 11.8. The summed E-state index contributed by atoms with van der Waals surface area (Å²) in [5.74, 6) is -0.617. The lowest BCUT2D eigenvalue weighted by Gasteiger charge is -2.43. The van der Waals surface area contributed by atoms with E-state index in [1.54, 1.807) is 60.7 Å². The van der Waals surface area contributed by atoms with Gasteiger partial charge in [0.15, 0.2) is 17.5 Å². The molecule has 0 aliphatic heterocycles. The number of hydrogen-bond donors (Lipinski definition) is 0. The van der Waals surface area contributed by atoms with Gasteiger partial charge in [-0.3, -0.25) is 0 Å². The van der Waals surface area contributed by atoms with Crippen molar-refractivity contribution in [2.75, 3.05) is 0 Å². The summed E-state index contributed by atoms with van der Waals surface area (Å²) in [7, 11) is 0. The van der Waals surface area contributed by atoms with Crippen LogP contribution in [0.5, 0.6) is 0 Å². The van der Waals surface area contributed by atoms with Crippen LogP contribution in [0.4, 0.5) is 0 Å². The molecule has 1 saturated carbocycles. The molecule has 1 fully saturated rings. The summed E-state index contributed by atoms with van der Waals surface area (Å²) in [6.45, 7) is 3.72. The van der Waals surface area contributed by atoms with Gasteiger partial charge in [0.2, 0.25) is 0 Å². The van der Waals surface area contributed by atoms with E-state index in [1.807, 2.05) is 26.0 Å². The Balaban J connectivity index is 1.40. The number of hydrogen-bond acceptors (Lipinski definition) is 3. The molecule has 0 N–H and O–H groups in total. The van der Waals surface area contributed by atoms with E-state index in [-0.39, 0.29) is 52.6 Å². The first-order chi connectivity index (χ1) is 26.7. The van der Waals surface area contributed by atoms with Gasteiger partial charge in [-0.1, -0.05) is 129 Å². The second-order valence-corrected chi connectivity index (χ2v) is 11.8. The third kappa shape index (κ3) is 4.55. The van der Waals surface area contributed by atoms with Crippen molar-refractivity contribution in [1.29, 1.82) is 0 Å². The minimum absolute atomic E-state index is 0.00571. The summed E-state index contributed by atoms with van der Waals surface area (Å²) in [6, 6.07) is 15.8. The average Bonchev–Trinajstić information content (AvgIpc) is 3.46. The molecule has 3 heteroatoms. The van der Waals surface area contributed by atoms with E-state index in [9.17, 15) is 6.85 Å². The van der Waals surface area contributed by atoms with Crippen molar-refractivity contribution in [2.45, 2.75) is 44.8 Å². The molecule has 0 saturated heterocycles. The highest BCUT2D eigenvalue weighted by atomic mass is 15.0. The van der Waals surface area contributed by atoms with Gasteiger partial charge in [0.25, 0.3) is 0 Å². The van der Waals surface area contributed by atoms with Gasteiger partial charge in [-0.05, 0) is 76.5 Å². The van der Waals surface area contributed by atoms with E-state index in [0.29, 0.717) is 27.8 Å². The maximum Gasteiger partial charge on any atom is 0.164 e. The SMILES string of the molecule is [2H]c1c([2H])c([2H])c(-c2nc(-c3ccccc3)nc(-c3c([2H])c([2H])c([2H])c(-c4ccc5c(c4)C4(c6ccccc6-5)C([2H])([2H])CC(C)(C)CC4([2H])[2H])c3[2H])n2)c([2H])c1[2H]. The zero-order valence-corrected chi connectivity index (χ0v) is 24.2. The summed E-state index contributed by atoms with van der Waals surface area (Å²) < 4.78 is 117. The topological polar surface area (TPSA) is 38.7 Å². The van der Waals surface area contributed by atoms with E-state index in [2.05, 4.69) is 15.0 Å². The smallest absolute Gasteiger partial charge is 0.164 e. The fourth-order valence-corrected chi connectivity index (χ4v) is 5.96. The molecule has 2 aliphatic rings. The van der Waals surface area contributed by atoms with Crippen LogP contribution in [0.25, 0.3) is 56.4 Å². The van der Waals surface area contributed by atoms with Crippen molar-refractivity contribution < 1.29 is 17.8 Å². The lowest BCUT2D eigenvalue weighted by molar-refractivity contribution is 0.188. The van der Waals surface area contributed by atoms with E-state index in [1.165, 1.54) is 0 Å². The van der Waals surface area contributed by atoms with Crippen LogP contribution in [0, 0.1) is 5.41 Å². The predicted molar refractivity (Wildman–Crippen MR) is 180 cm³/mol. The lowest BCUT2D eigenvalue weighted by Crippen LogP contribution is -2.34. The van der Waals surface area contributed by atoms with Crippen LogP contribution in [-0.2, 0) is 5.41 Å². The highest BCUT2D eigenvalue weighted by molar-refractivity contribution is 5.84. The molecule has 1 spiro atoms. The van der Waals surface area contributed by atoms with Gasteiger partial charge in [0, 0.05) is 27.6 Å². The summed E-state index contributed by atoms with van der Waals surface area (Å²) in [4.78, 5) is 13.6. The number of nitrogens with zero attached hydrogens (tertiary/aromatic N) is 3. The zero-order chi connectivity index (χ0) is 41.1. The van der Waals surface area contributed by atoms with E-state index < -0.39 is 78.0 Å². The van der Waals surface area contributed by atoms with Crippen molar-refractivity contribution in [3.63, 3.8) is 0 Å². The Bertz CT molecular complexity index is 2630. The molecule has 214 valence electrons. The average molecular weight is 583 g/mol. The van der Waals surface area contributed by atoms with Crippen LogP contribution >= 0.6 is 0 Å². The normalized spacial score (nSPS) is 22.5. The monoisotopic (exact) mass is 582 g/mol. The summed E-state index contributed by atoms with van der Waals surface area (Å²) in [6.07, 6.45) is -4.03. The minimum atomic E-state index is -2.08. The Hall–Kier alpha value is -4.89. The van der Waals surface area contributed by atoms with Gasteiger partial charge in [0.1, 0.15) is 0 Å². The third-order valence-corrected chi connectivity index (χ3v) is 8.24. The van der Waals surface area contributed by atoms with Crippen molar-refractivity contribution in [2.24, 2.45) is 5.41 Å². The number of benzene rings is 5. The van der Waals surface area contributed by atoms with Crippen LogP contribution in [0.3, 0.4) is 0 Å². The van der Waals surface area contributed by atoms with Gasteiger partial charge in [0.05, 0.1) is 12.3 Å². The predicted octanol–water partition coefficient (Wildman–Crippen LogP) is 10.4. The second kappa shape index (κ2) is 10.4. The fraction of sp³-hybridized carbons (Fsp3) is 0.195. The Kier molecular flexibility index (Phi) is 3.83. The molecule has 8 rings (SSSR count). The maximum absolute atomic E-state index is 9.58. The summed E-state index contributed by atoms with van der Waals surface area (Å²) in [5.41, 5.74) is -0.248. The molecule has 0 atom stereocenters. The molecule has 5 aromatic carbocycles. The van der Waals surface area contributed by atoms with Crippen molar-refractivity contribution in [3.05, 3.63) is 138 Å². The van der Waals surface area contributed by atoms with Crippen LogP contribution in [-0.4, -0.2) is 15.0 Å². The Morgan fingerprint density at radius 1 is 0.568 bits per heavy atom. The van der Waals surface area contributed by atoms with Crippen molar-refractivity contribution >= 4 is 0 Å². The van der Waals surface area contributed by atoms with E-state index in [0.717, 1.165) is 0 Å². The highest BCUT2D eigenvalue weighted by Gasteiger charge is 2.46. The molecule has 1 heterocycles. The van der Waals surface area contributed by atoms with E-state index >= 15 is 0 Å². The molecule has 3 nitrogen and oxygen atoms in total. The van der Waals surface area contributed by atoms with Crippen LogP contribution in [0.2, 0.25) is 0 Å². The zero-order valence-electron chi connectivity index (χ0n) is 37.2. The molecular weight excluding hydrogens is 534 g/mol. The Morgan fingerprint density at radius 2 is 1.18 bits per heavy atom. The first-order valence-electron chi connectivity index (χ1n) is 21.0. The van der Waals surface area contributed by atoms with Gasteiger partial charge >= 0.3 is 0 Å². The summed E-state index contributed by atoms with van der Waals surface area (Å²) in [5, 5.41) is 0. The van der Waals surface area contributed by atoms with Crippen LogP contribution in [0.15, 0.2) is 127 Å². The van der Waals surface area contributed by atoms with Gasteiger partial charge < -0.3 is 0 Å². The fourth-order valence-electron chi connectivity index (χ4n) is 5.96. The van der Waals surface area contributed by atoms with E-state index in [4.69, 9.17) is 11.0 Å². The Labute approximate surface area is 278 Å². The highest BCUT2D eigenvalue weighted by Crippen LogP contribution is 2.58. The number of rotatable bonds is 4. The summed E-state index contributed by atoms with van der Waals surface area (Å²) >= 11 is 0. The number of aromatic nitrogens is 3. The number of fused-ring (bicyclic) bond motifs is 5. The first kappa shape index (κ1) is 16.3. The van der Waals surface area contributed by atoms with Crippen LogP contribution in [0.1, 0.15) is 68.4 Å². The maximum atomic E-state index is 9.58. The molecule has 0 bridgehead atoms. The van der Waals surface area contributed by atoms with Gasteiger partial charge in [-0.2, -0.15) is 0 Å². The third-order valence-electron chi connectivity index (χ3n) is 8.24. The first-order valence-corrected chi connectivity index (χ1v) is 14.5. The molecule has 0 unspecified atom stereocenters. The molecule has 0 radical (unpaired) electrons. The minimum Gasteiger partial charge on any atom is -0.208 e. The molecule has 2 aliphatic carbocycles. The van der Waals surface area contributed by atoms with Gasteiger partial charge in [-0.25, -0.2) is 15.0 Å². The Morgan fingerprint density at radius 3 is 1.95 bits per heavy atom. The molecule has 6 aromatic rings.